The third kappa shape index (κ3) is 3.78. The van der Waals surface area contributed by atoms with E-state index in [-0.39, 0.29) is 17.7 Å². The number of imide groups is 1. The van der Waals surface area contributed by atoms with Gasteiger partial charge in [0.05, 0.1) is 4.91 Å². The van der Waals surface area contributed by atoms with Gasteiger partial charge >= 0.3 is 0 Å². The fourth-order valence-electron chi connectivity index (χ4n) is 2.04. The summed E-state index contributed by atoms with van der Waals surface area (Å²) >= 11 is 0.858. The van der Waals surface area contributed by atoms with Crippen molar-refractivity contribution in [1.82, 2.24) is 5.32 Å². The maximum atomic E-state index is 12.9. The molecule has 0 spiro atoms. The highest BCUT2D eigenvalue weighted by atomic mass is 32.2. The van der Waals surface area contributed by atoms with Crippen molar-refractivity contribution in [1.29, 1.82) is 0 Å². The van der Waals surface area contributed by atoms with Crippen LogP contribution in [0.2, 0.25) is 0 Å². The first kappa shape index (κ1) is 15.3. The van der Waals surface area contributed by atoms with Crippen LogP contribution in [-0.2, 0) is 11.4 Å². The first-order valence-corrected chi connectivity index (χ1v) is 7.64. The molecule has 0 radical (unpaired) electrons. The van der Waals surface area contributed by atoms with E-state index >= 15 is 0 Å². The molecule has 1 heterocycles. The molecule has 0 aromatic heterocycles. The number of amides is 2. The number of hydrogen-bond donors (Lipinski definition) is 1. The molecule has 0 bridgehead atoms. The number of thioether (sulfide) groups is 1. The Morgan fingerprint density at radius 3 is 2.52 bits per heavy atom. The Balaban J connectivity index is 1.78. The van der Waals surface area contributed by atoms with E-state index in [2.05, 4.69) is 5.32 Å². The van der Waals surface area contributed by atoms with Crippen LogP contribution in [-0.4, -0.2) is 11.1 Å². The Labute approximate surface area is 136 Å². The molecule has 0 atom stereocenters. The number of carbonyl (C=O) groups excluding carboxylic acids is 2. The molecule has 116 valence electrons. The van der Waals surface area contributed by atoms with E-state index < -0.39 is 5.91 Å². The highest BCUT2D eigenvalue weighted by Crippen LogP contribution is 2.29. The molecule has 0 unspecified atom stereocenters. The van der Waals surface area contributed by atoms with Gasteiger partial charge in [-0.3, -0.25) is 14.9 Å². The summed E-state index contributed by atoms with van der Waals surface area (Å²) in [4.78, 5) is 23.1. The number of nitrogens with one attached hydrogen (secondary N) is 1. The Kier molecular flexibility index (Phi) is 4.43. The van der Waals surface area contributed by atoms with E-state index in [4.69, 9.17) is 4.74 Å². The number of halogens is 1. The zero-order valence-corrected chi connectivity index (χ0v) is 12.7. The predicted molar refractivity (Wildman–Crippen MR) is 86.3 cm³/mol. The molecule has 2 aromatic rings. The Bertz CT molecular complexity index is 787. The van der Waals surface area contributed by atoms with Gasteiger partial charge in [0.1, 0.15) is 18.2 Å². The second kappa shape index (κ2) is 6.66. The number of para-hydroxylation sites is 1. The van der Waals surface area contributed by atoms with E-state index in [0.29, 0.717) is 16.2 Å². The van der Waals surface area contributed by atoms with Crippen molar-refractivity contribution in [3.05, 3.63) is 70.4 Å². The predicted octanol–water partition coefficient (Wildman–Crippen LogP) is 3.73. The molecule has 4 nitrogen and oxygen atoms in total. The molecular formula is C17H12FNO3S. The van der Waals surface area contributed by atoms with Crippen molar-refractivity contribution in [2.75, 3.05) is 0 Å². The fraction of sp³-hybridized carbons (Fsp3) is 0.0588. The lowest BCUT2D eigenvalue weighted by Crippen LogP contribution is -2.17. The van der Waals surface area contributed by atoms with E-state index in [1.165, 1.54) is 12.1 Å². The number of benzene rings is 2. The summed E-state index contributed by atoms with van der Waals surface area (Å²) < 4.78 is 18.6. The summed E-state index contributed by atoms with van der Waals surface area (Å²) in [6.45, 7) is 0.277. The molecular weight excluding hydrogens is 317 g/mol. The maximum Gasteiger partial charge on any atom is 0.290 e. The average Bonchev–Trinajstić information content (AvgIpc) is 2.86. The van der Waals surface area contributed by atoms with Crippen LogP contribution >= 0.6 is 11.8 Å². The molecule has 1 aliphatic rings. The molecule has 23 heavy (non-hydrogen) atoms. The Hall–Kier alpha value is -2.60. The minimum absolute atomic E-state index is 0.277. The van der Waals surface area contributed by atoms with Gasteiger partial charge in [-0.25, -0.2) is 4.39 Å². The molecule has 3 rings (SSSR count). The number of hydrogen-bond acceptors (Lipinski definition) is 4. The molecule has 1 N–H and O–H groups in total. The second-order valence-electron chi connectivity index (χ2n) is 4.81. The van der Waals surface area contributed by atoms with Crippen molar-refractivity contribution < 1.29 is 18.7 Å². The van der Waals surface area contributed by atoms with Gasteiger partial charge in [0.2, 0.25) is 0 Å². The summed E-state index contributed by atoms with van der Waals surface area (Å²) in [5.74, 6) is -0.127. The van der Waals surface area contributed by atoms with Gasteiger partial charge in [0.25, 0.3) is 11.1 Å². The third-order valence-corrected chi connectivity index (χ3v) is 3.97. The van der Waals surface area contributed by atoms with Gasteiger partial charge in [-0.1, -0.05) is 30.3 Å². The van der Waals surface area contributed by atoms with Crippen LogP contribution in [0.4, 0.5) is 9.18 Å². The van der Waals surface area contributed by atoms with Crippen LogP contribution in [0, 0.1) is 5.82 Å². The SMILES string of the molecule is O=C1NC(=O)C(=Cc2ccccc2OCc2ccc(F)cc2)S1. The van der Waals surface area contributed by atoms with E-state index in [9.17, 15) is 14.0 Å². The number of carbonyl (C=O) groups is 2. The van der Waals surface area contributed by atoms with Crippen molar-refractivity contribution in [3.63, 3.8) is 0 Å². The maximum absolute atomic E-state index is 12.9. The first-order valence-electron chi connectivity index (χ1n) is 6.83. The first-order chi connectivity index (χ1) is 11.1. The summed E-state index contributed by atoms with van der Waals surface area (Å²) in [6.07, 6.45) is 1.62. The summed E-state index contributed by atoms with van der Waals surface area (Å²) in [5.41, 5.74) is 1.53. The lowest BCUT2D eigenvalue weighted by Gasteiger charge is -2.09. The van der Waals surface area contributed by atoms with E-state index in [1.54, 1.807) is 30.3 Å². The van der Waals surface area contributed by atoms with Crippen molar-refractivity contribution >= 4 is 29.0 Å². The summed E-state index contributed by atoms with van der Waals surface area (Å²) in [7, 11) is 0. The zero-order chi connectivity index (χ0) is 16.2. The molecule has 2 aromatic carbocycles. The second-order valence-corrected chi connectivity index (χ2v) is 5.82. The third-order valence-electron chi connectivity index (χ3n) is 3.16. The summed E-state index contributed by atoms with van der Waals surface area (Å²) in [6, 6.07) is 13.2. The van der Waals surface area contributed by atoms with Gasteiger partial charge in [-0.15, -0.1) is 0 Å². The van der Waals surface area contributed by atoms with E-state index in [1.807, 2.05) is 12.1 Å². The highest BCUT2D eigenvalue weighted by molar-refractivity contribution is 8.18. The summed E-state index contributed by atoms with van der Waals surface area (Å²) in [5, 5.41) is 1.83. The number of rotatable bonds is 4. The van der Waals surface area contributed by atoms with Gasteiger partial charge < -0.3 is 4.74 Å². The molecule has 2 amide bonds. The lowest BCUT2D eigenvalue weighted by molar-refractivity contribution is -0.115. The Morgan fingerprint density at radius 1 is 1.09 bits per heavy atom. The van der Waals surface area contributed by atoms with Crippen LogP contribution < -0.4 is 10.1 Å². The smallest absolute Gasteiger partial charge is 0.290 e. The molecule has 1 fully saturated rings. The number of ether oxygens (including phenoxy) is 1. The quantitative estimate of drug-likeness (QED) is 0.869. The van der Waals surface area contributed by atoms with Crippen LogP contribution in [0.1, 0.15) is 11.1 Å². The van der Waals surface area contributed by atoms with Crippen LogP contribution in [0.3, 0.4) is 0 Å². The van der Waals surface area contributed by atoms with Crippen LogP contribution in [0.15, 0.2) is 53.4 Å². The van der Waals surface area contributed by atoms with Crippen molar-refractivity contribution in [3.8, 4) is 5.75 Å². The highest BCUT2D eigenvalue weighted by Gasteiger charge is 2.25. The van der Waals surface area contributed by atoms with Crippen molar-refractivity contribution in [2.24, 2.45) is 0 Å². The standard InChI is InChI=1S/C17H12FNO3S/c18-13-7-5-11(6-8-13)10-22-14-4-2-1-3-12(14)9-15-16(20)19-17(21)23-15/h1-9H,10H2,(H,19,20,21). The lowest BCUT2D eigenvalue weighted by atomic mass is 10.2. The molecule has 0 saturated carbocycles. The average molecular weight is 329 g/mol. The van der Waals surface area contributed by atoms with Crippen LogP contribution in [0.25, 0.3) is 6.08 Å². The van der Waals surface area contributed by atoms with Gasteiger partial charge in [-0.05, 0) is 41.6 Å². The minimum Gasteiger partial charge on any atom is -0.488 e. The van der Waals surface area contributed by atoms with Gasteiger partial charge in [0, 0.05) is 5.56 Å². The van der Waals surface area contributed by atoms with E-state index in [0.717, 1.165) is 17.3 Å². The van der Waals surface area contributed by atoms with Crippen LogP contribution in [0.5, 0.6) is 5.75 Å². The normalized spacial score (nSPS) is 15.8. The minimum atomic E-state index is -0.409. The zero-order valence-electron chi connectivity index (χ0n) is 11.9. The fourth-order valence-corrected chi connectivity index (χ4v) is 2.71. The molecule has 1 aliphatic heterocycles. The molecule has 6 heteroatoms. The molecule has 0 aliphatic carbocycles. The van der Waals surface area contributed by atoms with Crippen molar-refractivity contribution in [2.45, 2.75) is 6.61 Å². The Morgan fingerprint density at radius 2 is 1.83 bits per heavy atom. The largest absolute Gasteiger partial charge is 0.488 e. The van der Waals surface area contributed by atoms with Gasteiger partial charge in [0.15, 0.2) is 0 Å². The molecule has 1 saturated heterocycles. The topological polar surface area (TPSA) is 55.4 Å². The van der Waals surface area contributed by atoms with Gasteiger partial charge in [-0.2, -0.15) is 0 Å². The monoisotopic (exact) mass is 329 g/mol.